The van der Waals surface area contributed by atoms with Gasteiger partial charge in [0.05, 0.1) is 6.07 Å². The highest BCUT2D eigenvalue weighted by atomic mass is 32.2. The van der Waals surface area contributed by atoms with Gasteiger partial charge in [-0.05, 0) is 32.7 Å². The van der Waals surface area contributed by atoms with Crippen LogP contribution < -0.4 is 5.32 Å². The van der Waals surface area contributed by atoms with Crippen molar-refractivity contribution in [2.24, 2.45) is 0 Å². The molecule has 2 atom stereocenters. The van der Waals surface area contributed by atoms with Crippen LogP contribution in [-0.2, 0) is 0 Å². The van der Waals surface area contributed by atoms with Crippen LogP contribution in [0.4, 0.5) is 0 Å². The number of nitrogens with one attached hydrogen (secondary N) is 1. The lowest BCUT2D eigenvalue weighted by molar-refractivity contribution is 0.436. The predicted octanol–water partition coefficient (Wildman–Crippen LogP) is 2.97. The van der Waals surface area contributed by atoms with Crippen molar-refractivity contribution in [3.8, 4) is 6.07 Å². The van der Waals surface area contributed by atoms with Gasteiger partial charge in [-0.1, -0.05) is 18.7 Å². The molecule has 3 nitrogen and oxygen atoms in total. The summed E-state index contributed by atoms with van der Waals surface area (Å²) in [6, 6.07) is 2.46. The van der Waals surface area contributed by atoms with Crippen LogP contribution in [0.1, 0.15) is 31.9 Å². The topological polar surface area (TPSA) is 48.7 Å². The van der Waals surface area contributed by atoms with Crippen molar-refractivity contribution in [2.75, 3.05) is 6.54 Å². The molecule has 0 aromatic carbocycles. The minimum Gasteiger partial charge on any atom is -0.300 e. The number of nitriles is 1. The van der Waals surface area contributed by atoms with Crippen molar-refractivity contribution >= 4 is 23.1 Å². The molecule has 1 N–H and O–H groups in total. The second-order valence-electron chi connectivity index (χ2n) is 4.46. The molecule has 17 heavy (non-hydrogen) atoms. The molecule has 2 unspecified atom stereocenters. The Morgan fingerprint density at radius 3 is 3.18 bits per heavy atom. The number of hydrogen-bond acceptors (Lipinski definition) is 5. The van der Waals surface area contributed by atoms with Crippen molar-refractivity contribution in [2.45, 2.75) is 48.2 Å². The Morgan fingerprint density at radius 2 is 2.59 bits per heavy atom. The fourth-order valence-corrected chi connectivity index (χ4v) is 4.65. The lowest BCUT2D eigenvalue weighted by Crippen LogP contribution is -2.41. The molecule has 92 valence electrons. The number of hydrogen-bond donors (Lipinski definition) is 1. The Bertz CT molecular complexity index is 424. The van der Waals surface area contributed by atoms with Crippen molar-refractivity contribution in [3.63, 3.8) is 0 Å². The summed E-state index contributed by atoms with van der Waals surface area (Å²) in [7, 11) is 0. The molecule has 0 amide bonds. The Balaban J connectivity index is 1.96. The Labute approximate surface area is 111 Å². The smallest absolute Gasteiger partial charge is 0.150 e. The number of aryl methyl sites for hydroxylation is 1. The van der Waals surface area contributed by atoms with Crippen molar-refractivity contribution in [3.05, 3.63) is 11.1 Å². The average molecular weight is 267 g/mol. The second-order valence-corrected chi connectivity index (χ2v) is 6.87. The molecule has 1 aromatic heterocycles. The van der Waals surface area contributed by atoms with E-state index in [4.69, 9.17) is 0 Å². The van der Waals surface area contributed by atoms with Crippen molar-refractivity contribution < 1.29 is 0 Å². The van der Waals surface area contributed by atoms with E-state index in [9.17, 15) is 5.26 Å². The summed E-state index contributed by atoms with van der Waals surface area (Å²) in [5, 5.41) is 15.2. The summed E-state index contributed by atoms with van der Waals surface area (Å²) < 4.78 is 1.14. The summed E-state index contributed by atoms with van der Waals surface area (Å²) in [5.41, 5.74) is 0.798. The normalized spacial score (nSPS) is 28.2. The zero-order valence-electron chi connectivity index (χ0n) is 10.2. The van der Waals surface area contributed by atoms with Crippen LogP contribution >= 0.6 is 23.1 Å². The van der Waals surface area contributed by atoms with Crippen LogP contribution in [0.15, 0.2) is 9.72 Å². The highest BCUT2D eigenvalue weighted by molar-refractivity contribution is 8.01. The third-order valence-corrected chi connectivity index (χ3v) is 5.42. The first kappa shape index (κ1) is 12.9. The Hall–Kier alpha value is -0.570. The lowest BCUT2D eigenvalue weighted by Gasteiger charge is -2.21. The van der Waals surface area contributed by atoms with Crippen molar-refractivity contribution in [1.82, 2.24) is 10.3 Å². The molecular weight excluding hydrogens is 250 g/mol. The first-order chi connectivity index (χ1) is 8.17. The van der Waals surface area contributed by atoms with Crippen LogP contribution in [0.5, 0.6) is 0 Å². The standard InChI is InChI=1S/C12H17N3S2/c1-3-14-12(8-13)5-4-10(6-12)17-11-15-9(2)7-16-11/h7,10,14H,3-6H2,1-2H3. The van der Waals surface area contributed by atoms with Crippen LogP contribution in [0.25, 0.3) is 0 Å². The molecule has 0 saturated heterocycles. The molecule has 1 fully saturated rings. The van der Waals surface area contributed by atoms with E-state index < -0.39 is 0 Å². The molecule has 0 aliphatic heterocycles. The van der Waals surface area contributed by atoms with Gasteiger partial charge in [-0.15, -0.1) is 11.3 Å². The second kappa shape index (κ2) is 5.38. The molecule has 0 radical (unpaired) electrons. The maximum Gasteiger partial charge on any atom is 0.150 e. The van der Waals surface area contributed by atoms with E-state index in [1.54, 1.807) is 11.3 Å². The van der Waals surface area contributed by atoms with Gasteiger partial charge in [0.15, 0.2) is 0 Å². The number of rotatable bonds is 4. The van der Waals surface area contributed by atoms with E-state index in [0.29, 0.717) is 5.25 Å². The van der Waals surface area contributed by atoms with Gasteiger partial charge in [-0.3, -0.25) is 5.32 Å². The summed E-state index contributed by atoms with van der Waals surface area (Å²) >= 11 is 3.54. The quantitative estimate of drug-likeness (QED) is 0.911. The monoisotopic (exact) mass is 267 g/mol. The Kier molecular flexibility index (Phi) is 4.08. The highest BCUT2D eigenvalue weighted by Gasteiger charge is 2.39. The number of aromatic nitrogens is 1. The molecular formula is C12H17N3S2. The van der Waals surface area contributed by atoms with Crippen LogP contribution in [0.3, 0.4) is 0 Å². The third-order valence-electron chi connectivity index (χ3n) is 3.06. The fraction of sp³-hybridized carbons (Fsp3) is 0.667. The van der Waals surface area contributed by atoms with E-state index >= 15 is 0 Å². The molecule has 1 saturated carbocycles. The van der Waals surface area contributed by atoms with E-state index in [1.165, 1.54) is 0 Å². The van der Waals surface area contributed by atoms with E-state index in [2.05, 4.69) is 28.7 Å². The van der Waals surface area contributed by atoms with Crippen LogP contribution in [-0.4, -0.2) is 22.3 Å². The van der Waals surface area contributed by atoms with Gasteiger partial charge in [0.1, 0.15) is 9.88 Å². The number of nitrogens with zero attached hydrogens (tertiary/aromatic N) is 2. The molecule has 0 spiro atoms. The summed E-state index contributed by atoms with van der Waals surface area (Å²) in [6.45, 7) is 4.94. The lowest BCUT2D eigenvalue weighted by atomic mass is 10.0. The minimum absolute atomic E-state index is 0.293. The van der Waals surface area contributed by atoms with E-state index in [1.807, 2.05) is 18.7 Å². The van der Waals surface area contributed by atoms with Crippen molar-refractivity contribution in [1.29, 1.82) is 5.26 Å². The predicted molar refractivity (Wildman–Crippen MR) is 72.4 cm³/mol. The van der Waals surface area contributed by atoms with E-state index in [0.717, 1.165) is 35.8 Å². The maximum atomic E-state index is 9.30. The van der Waals surface area contributed by atoms with Gasteiger partial charge < -0.3 is 0 Å². The van der Waals surface area contributed by atoms with Gasteiger partial charge in [-0.2, -0.15) is 5.26 Å². The summed E-state index contributed by atoms with van der Waals surface area (Å²) in [6.07, 6.45) is 2.99. The van der Waals surface area contributed by atoms with Crippen LogP contribution in [0.2, 0.25) is 0 Å². The zero-order valence-corrected chi connectivity index (χ0v) is 11.8. The van der Waals surface area contributed by atoms with Gasteiger partial charge in [0, 0.05) is 16.3 Å². The van der Waals surface area contributed by atoms with Gasteiger partial charge in [-0.25, -0.2) is 4.98 Å². The molecule has 5 heteroatoms. The minimum atomic E-state index is -0.293. The number of thioether (sulfide) groups is 1. The number of thiazole rings is 1. The Morgan fingerprint density at radius 1 is 1.76 bits per heavy atom. The van der Waals surface area contributed by atoms with Gasteiger partial charge in [0.25, 0.3) is 0 Å². The molecule has 1 aliphatic carbocycles. The average Bonchev–Trinajstić information content (AvgIpc) is 2.88. The van der Waals surface area contributed by atoms with Gasteiger partial charge >= 0.3 is 0 Å². The van der Waals surface area contributed by atoms with Crippen LogP contribution in [0, 0.1) is 18.3 Å². The SMILES string of the molecule is CCNC1(C#N)CCC(Sc2nc(C)cs2)C1. The largest absolute Gasteiger partial charge is 0.300 e. The molecule has 1 aromatic rings. The molecule has 1 aliphatic rings. The molecule has 2 rings (SSSR count). The zero-order chi connectivity index (χ0) is 12.3. The summed E-state index contributed by atoms with van der Waals surface area (Å²) in [5.74, 6) is 0. The first-order valence-electron chi connectivity index (χ1n) is 5.92. The third kappa shape index (κ3) is 3.01. The fourth-order valence-electron chi connectivity index (χ4n) is 2.27. The summed E-state index contributed by atoms with van der Waals surface area (Å²) in [4.78, 5) is 4.47. The maximum absolute atomic E-state index is 9.30. The first-order valence-corrected chi connectivity index (χ1v) is 7.68. The van der Waals surface area contributed by atoms with E-state index in [-0.39, 0.29) is 5.54 Å². The molecule has 0 bridgehead atoms. The van der Waals surface area contributed by atoms with Gasteiger partial charge in [0.2, 0.25) is 0 Å². The molecule has 1 heterocycles. The highest BCUT2D eigenvalue weighted by Crippen LogP contribution is 2.40.